The van der Waals surface area contributed by atoms with Crippen LogP contribution < -0.4 is 24.8 Å². The normalized spacial score (nSPS) is 15.9. The minimum absolute atomic E-state index is 0.0870. The highest BCUT2D eigenvalue weighted by atomic mass is 16.7. The van der Waals surface area contributed by atoms with Crippen molar-refractivity contribution in [2.75, 3.05) is 33.5 Å². The van der Waals surface area contributed by atoms with Crippen molar-refractivity contribution in [3.05, 3.63) is 53.6 Å². The molecule has 0 bridgehead atoms. The van der Waals surface area contributed by atoms with E-state index < -0.39 is 6.04 Å². The van der Waals surface area contributed by atoms with E-state index in [1.54, 1.807) is 54.5 Å². The van der Waals surface area contributed by atoms with Gasteiger partial charge < -0.3 is 29.7 Å². The predicted molar refractivity (Wildman–Crippen MR) is 129 cm³/mol. The Labute approximate surface area is 204 Å². The standard InChI is InChI=1S/C26H31N3O6/c1-3-12-27-25(31)23(28-24(30)18-4-7-20(33-2)8-5-18)17-10-13-29(14-11-17)26(32)19-6-9-21-22(15-19)35-16-34-21/h4-9,15,17,23H,3,10-14,16H2,1-2H3,(H,27,31)(H,28,30). The number of methoxy groups -OCH3 is 1. The van der Waals surface area contributed by atoms with Crippen LogP contribution >= 0.6 is 0 Å². The molecule has 1 atom stereocenters. The van der Waals surface area contributed by atoms with Crippen molar-refractivity contribution in [1.29, 1.82) is 0 Å². The molecule has 1 saturated heterocycles. The minimum atomic E-state index is -0.682. The lowest BCUT2D eigenvalue weighted by Gasteiger charge is -2.36. The molecule has 1 fully saturated rings. The highest BCUT2D eigenvalue weighted by molar-refractivity contribution is 5.98. The van der Waals surface area contributed by atoms with Gasteiger partial charge in [0.05, 0.1) is 7.11 Å². The van der Waals surface area contributed by atoms with Gasteiger partial charge in [0.15, 0.2) is 11.5 Å². The van der Waals surface area contributed by atoms with Crippen molar-refractivity contribution in [3.63, 3.8) is 0 Å². The van der Waals surface area contributed by atoms with E-state index in [4.69, 9.17) is 14.2 Å². The van der Waals surface area contributed by atoms with E-state index in [-0.39, 0.29) is 30.4 Å². The molecule has 0 spiro atoms. The number of benzene rings is 2. The fourth-order valence-electron chi connectivity index (χ4n) is 4.37. The Morgan fingerprint density at radius 3 is 2.40 bits per heavy atom. The lowest BCUT2D eigenvalue weighted by atomic mass is 9.88. The fourth-order valence-corrected chi connectivity index (χ4v) is 4.37. The van der Waals surface area contributed by atoms with Crippen LogP contribution in [-0.2, 0) is 4.79 Å². The van der Waals surface area contributed by atoms with Gasteiger partial charge in [-0.15, -0.1) is 0 Å². The third-order valence-electron chi connectivity index (χ3n) is 6.39. The molecular weight excluding hydrogens is 450 g/mol. The van der Waals surface area contributed by atoms with E-state index in [0.29, 0.717) is 60.9 Å². The van der Waals surface area contributed by atoms with Crippen LogP contribution in [-0.4, -0.2) is 62.2 Å². The van der Waals surface area contributed by atoms with Gasteiger partial charge in [0, 0.05) is 30.8 Å². The largest absolute Gasteiger partial charge is 0.497 e. The van der Waals surface area contributed by atoms with Crippen molar-refractivity contribution >= 4 is 17.7 Å². The van der Waals surface area contributed by atoms with Gasteiger partial charge >= 0.3 is 0 Å². The maximum atomic E-state index is 13.0. The van der Waals surface area contributed by atoms with Crippen molar-refractivity contribution in [1.82, 2.24) is 15.5 Å². The highest BCUT2D eigenvalue weighted by Gasteiger charge is 2.34. The van der Waals surface area contributed by atoms with E-state index in [1.165, 1.54) is 0 Å². The third kappa shape index (κ3) is 5.67. The zero-order valence-corrected chi connectivity index (χ0v) is 20.0. The van der Waals surface area contributed by atoms with Crippen LogP contribution in [0.25, 0.3) is 0 Å². The number of likely N-dealkylation sites (tertiary alicyclic amines) is 1. The van der Waals surface area contributed by atoms with Crippen molar-refractivity contribution in [2.24, 2.45) is 5.92 Å². The van der Waals surface area contributed by atoms with E-state index in [9.17, 15) is 14.4 Å². The minimum Gasteiger partial charge on any atom is -0.497 e. The Kier molecular flexibility index (Phi) is 7.74. The Bertz CT molecular complexity index is 1060. The number of carbonyl (C=O) groups excluding carboxylic acids is 3. The lowest BCUT2D eigenvalue weighted by Crippen LogP contribution is -2.54. The molecule has 0 aromatic heterocycles. The number of ether oxygens (including phenoxy) is 3. The summed E-state index contributed by atoms with van der Waals surface area (Å²) in [7, 11) is 1.56. The molecule has 4 rings (SSSR count). The van der Waals surface area contributed by atoms with Gasteiger partial charge in [-0.05, 0) is 67.6 Å². The van der Waals surface area contributed by atoms with E-state index in [2.05, 4.69) is 10.6 Å². The number of carbonyl (C=O) groups is 3. The molecular formula is C26H31N3O6. The number of nitrogens with one attached hydrogen (secondary N) is 2. The monoisotopic (exact) mass is 481 g/mol. The van der Waals surface area contributed by atoms with Gasteiger partial charge in [0.2, 0.25) is 12.7 Å². The predicted octanol–water partition coefficient (Wildman–Crippen LogP) is 2.60. The third-order valence-corrected chi connectivity index (χ3v) is 6.39. The van der Waals surface area contributed by atoms with E-state index in [0.717, 1.165) is 6.42 Å². The van der Waals surface area contributed by atoms with Crippen LogP contribution in [0.5, 0.6) is 17.2 Å². The van der Waals surface area contributed by atoms with Crippen molar-refractivity contribution in [2.45, 2.75) is 32.2 Å². The second kappa shape index (κ2) is 11.1. The van der Waals surface area contributed by atoms with Gasteiger partial charge in [0.25, 0.3) is 11.8 Å². The molecule has 2 aromatic carbocycles. The number of hydrogen-bond acceptors (Lipinski definition) is 6. The van der Waals surface area contributed by atoms with Crippen LogP contribution in [0.15, 0.2) is 42.5 Å². The molecule has 2 aromatic rings. The SMILES string of the molecule is CCCNC(=O)C(NC(=O)c1ccc(OC)cc1)C1CCN(C(=O)c2ccc3c(c2)OCO3)CC1. The summed E-state index contributed by atoms with van der Waals surface area (Å²) in [5.74, 6) is 1.16. The summed E-state index contributed by atoms with van der Waals surface area (Å²) < 4.78 is 15.9. The van der Waals surface area contributed by atoms with E-state index in [1.807, 2.05) is 6.92 Å². The summed E-state index contributed by atoms with van der Waals surface area (Å²) in [4.78, 5) is 40.7. The second-order valence-corrected chi connectivity index (χ2v) is 8.67. The zero-order chi connectivity index (χ0) is 24.8. The summed E-state index contributed by atoms with van der Waals surface area (Å²) in [6.07, 6.45) is 2.00. The van der Waals surface area contributed by atoms with Crippen molar-refractivity contribution < 1.29 is 28.6 Å². The first kappa shape index (κ1) is 24.4. The van der Waals surface area contributed by atoms with Gasteiger partial charge in [-0.1, -0.05) is 6.92 Å². The average molecular weight is 482 g/mol. The van der Waals surface area contributed by atoms with Gasteiger partial charge in [-0.25, -0.2) is 0 Å². The molecule has 2 heterocycles. The molecule has 1 unspecified atom stereocenters. The summed E-state index contributed by atoms with van der Waals surface area (Å²) >= 11 is 0. The summed E-state index contributed by atoms with van der Waals surface area (Å²) in [6.45, 7) is 3.66. The first-order valence-corrected chi connectivity index (χ1v) is 11.9. The van der Waals surface area contributed by atoms with Gasteiger partial charge in [-0.2, -0.15) is 0 Å². The molecule has 0 radical (unpaired) electrons. The first-order valence-electron chi connectivity index (χ1n) is 11.9. The van der Waals surface area contributed by atoms with E-state index >= 15 is 0 Å². The number of rotatable bonds is 8. The smallest absolute Gasteiger partial charge is 0.253 e. The quantitative estimate of drug-likeness (QED) is 0.600. The second-order valence-electron chi connectivity index (χ2n) is 8.67. The summed E-state index contributed by atoms with van der Waals surface area (Å²) in [6, 6.07) is 11.3. The Balaban J connectivity index is 1.41. The molecule has 0 aliphatic carbocycles. The average Bonchev–Trinajstić information content (AvgIpc) is 3.38. The molecule has 0 saturated carbocycles. The number of amides is 3. The van der Waals surface area contributed by atoms with Crippen LogP contribution in [0.3, 0.4) is 0 Å². The Morgan fingerprint density at radius 2 is 1.71 bits per heavy atom. The van der Waals surface area contributed by atoms with Crippen LogP contribution in [0.1, 0.15) is 46.9 Å². The fraction of sp³-hybridized carbons (Fsp3) is 0.423. The summed E-state index contributed by atoms with van der Waals surface area (Å²) in [5.41, 5.74) is 0.993. The van der Waals surface area contributed by atoms with Crippen LogP contribution in [0, 0.1) is 5.92 Å². The maximum Gasteiger partial charge on any atom is 0.253 e. The molecule has 2 aliphatic heterocycles. The zero-order valence-electron chi connectivity index (χ0n) is 20.0. The topological polar surface area (TPSA) is 106 Å². The summed E-state index contributed by atoms with van der Waals surface area (Å²) in [5, 5.41) is 5.84. The lowest BCUT2D eigenvalue weighted by molar-refractivity contribution is -0.124. The van der Waals surface area contributed by atoms with Crippen molar-refractivity contribution in [3.8, 4) is 17.2 Å². The first-order chi connectivity index (χ1) is 17.0. The van der Waals surface area contributed by atoms with Gasteiger partial charge in [0.1, 0.15) is 11.8 Å². The molecule has 186 valence electrons. The highest BCUT2D eigenvalue weighted by Crippen LogP contribution is 2.33. The molecule has 2 N–H and O–H groups in total. The molecule has 9 nitrogen and oxygen atoms in total. The molecule has 9 heteroatoms. The number of hydrogen-bond donors (Lipinski definition) is 2. The molecule has 3 amide bonds. The number of fused-ring (bicyclic) bond motifs is 1. The van der Waals surface area contributed by atoms with Crippen LogP contribution in [0.2, 0.25) is 0 Å². The van der Waals surface area contributed by atoms with Crippen LogP contribution in [0.4, 0.5) is 0 Å². The molecule has 35 heavy (non-hydrogen) atoms. The Hall–Kier alpha value is -3.75. The number of nitrogens with zero attached hydrogens (tertiary/aromatic N) is 1. The van der Waals surface area contributed by atoms with Gasteiger partial charge in [-0.3, -0.25) is 14.4 Å². The molecule has 2 aliphatic rings. The number of piperidine rings is 1. The Morgan fingerprint density at radius 1 is 1.03 bits per heavy atom. The maximum absolute atomic E-state index is 13.0.